The monoisotopic (exact) mass is 328 g/mol. The Balaban J connectivity index is 2.17. The average molecular weight is 329 g/mol. The molecule has 0 saturated heterocycles. The lowest BCUT2D eigenvalue weighted by Crippen LogP contribution is -2.08. The quantitative estimate of drug-likeness (QED) is 0.716. The van der Waals surface area contributed by atoms with Gasteiger partial charge in [-0.3, -0.25) is 0 Å². The van der Waals surface area contributed by atoms with Crippen LogP contribution in [0.4, 0.5) is 13.2 Å². The molecule has 1 atom stereocenters. The Labute approximate surface area is 124 Å². The van der Waals surface area contributed by atoms with E-state index in [4.69, 9.17) is 32.7 Å². The number of rotatable bonds is 3. The number of hydrogen-bond donors (Lipinski definition) is 0. The maximum atomic E-state index is 12.2. The summed E-state index contributed by atoms with van der Waals surface area (Å²) in [6.07, 6.45) is -4.68. The first-order valence-corrected chi connectivity index (χ1v) is 6.98. The van der Waals surface area contributed by atoms with Gasteiger partial charge in [-0.05, 0) is 18.1 Å². The molecule has 0 aliphatic carbocycles. The van der Waals surface area contributed by atoms with Crippen LogP contribution in [0.1, 0.15) is 30.2 Å². The van der Waals surface area contributed by atoms with Gasteiger partial charge in [0.05, 0.1) is 18.6 Å². The molecule has 0 bridgehead atoms. The van der Waals surface area contributed by atoms with Crippen LogP contribution in [0.25, 0.3) is 0 Å². The van der Waals surface area contributed by atoms with E-state index in [2.05, 4.69) is 0 Å². The van der Waals surface area contributed by atoms with Gasteiger partial charge in [0.25, 0.3) is 0 Å². The largest absolute Gasteiger partial charge is 0.490 e. The van der Waals surface area contributed by atoms with Crippen molar-refractivity contribution in [3.63, 3.8) is 0 Å². The second-order valence-corrected chi connectivity index (χ2v) is 5.43. The van der Waals surface area contributed by atoms with Gasteiger partial charge >= 0.3 is 6.18 Å². The molecule has 0 fully saturated rings. The number of halogens is 5. The van der Waals surface area contributed by atoms with Crippen LogP contribution < -0.4 is 9.47 Å². The van der Waals surface area contributed by atoms with Crippen molar-refractivity contribution in [2.45, 2.75) is 30.8 Å². The molecule has 1 aromatic rings. The van der Waals surface area contributed by atoms with Crippen LogP contribution in [0.2, 0.25) is 5.02 Å². The van der Waals surface area contributed by atoms with Gasteiger partial charge in [-0.15, -0.1) is 11.6 Å². The summed E-state index contributed by atoms with van der Waals surface area (Å²) >= 11 is 12.1. The summed E-state index contributed by atoms with van der Waals surface area (Å²) in [5.74, 6) is 0.968. The van der Waals surface area contributed by atoms with E-state index in [9.17, 15) is 13.2 Å². The number of ether oxygens (including phenoxy) is 2. The minimum absolute atomic E-state index is 0.232. The molecule has 1 aliphatic heterocycles. The molecular formula is C13H13Cl2F3O2. The highest BCUT2D eigenvalue weighted by atomic mass is 35.5. The van der Waals surface area contributed by atoms with Crippen LogP contribution in [-0.4, -0.2) is 19.4 Å². The Morgan fingerprint density at radius 3 is 2.35 bits per heavy atom. The zero-order chi connectivity index (χ0) is 14.8. The summed E-state index contributed by atoms with van der Waals surface area (Å²) < 4.78 is 47.6. The summed E-state index contributed by atoms with van der Waals surface area (Å²) in [6, 6.07) is 3.11. The van der Waals surface area contributed by atoms with Gasteiger partial charge in [0, 0.05) is 23.9 Å². The van der Waals surface area contributed by atoms with E-state index >= 15 is 0 Å². The number of alkyl halides is 4. The molecule has 0 saturated carbocycles. The van der Waals surface area contributed by atoms with Crippen molar-refractivity contribution in [3.8, 4) is 11.5 Å². The first-order chi connectivity index (χ1) is 9.37. The van der Waals surface area contributed by atoms with Crippen LogP contribution in [0, 0.1) is 0 Å². The maximum Gasteiger partial charge on any atom is 0.389 e. The van der Waals surface area contributed by atoms with Crippen LogP contribution in [0.3, 0.4) is 0 Å². The molecule has 0 amide bonds. The third-order valence-corrected chi connectivity index (χ3v) is 3.67. The summed E-state index contributed by atoms with van der Waals surface area (Å²) in [5, 5.41) is -0.530. The van der Waals surface area contributed by atoms with E-state index in [-0.39, 0.29) is 11.4 Å². The van der Waals surface area contributed by atoms with Gasteiger partial charge in [-0.25, -0.2) is 0 Å². The normalized spacial score (nSPS) is 16.6. The Morgan fingerprint density at radius 1 is 1.15 bits per heavy atom. The smallest absolute Gasteiger partial charge is 0.389 e. The fourth-order valence-corrected chi connectivity index (χ4v) is 2.52. The fourth-order valence-electron chi connectivity index (χ4n) is 1.89. The van der Waals surface area contributed by atoms with Crippen molar-refractivity contribution < 1.29 is 22.6 Å². The lowest BCUT2D eigenvalue weighted by atomic mass is 10.1. The number of hydrogen-bond acceptors (Lipinski definition) is 2. The molecular weight excluding hydrogens is 316 g/mol. The molecule has 7 heteroatoms. The molecule has 0 N–H and O–H groups in total. The Morgan fingerprint density at radius 2 is 1.75 bits per heavy atom. The second kappa shape index (κ2) is 6.31. The highest BCUT2D eigenvalue weighted by Gasteiger charge is 2.29. The Bertz CT molecular complexity index is 477. The van der Waals surface area contributed by atoms with Gasteiger partial charge in [0.2, 0.25) is 0 Å². The summed E-state index contributed by atoms with van der Waals surface area (Å²) in [4.78, 5) is 0. The minimum atomic E-state index is -4.23. The van der Waals surface area contributed by atoms with Gasteiger partial charge < -0.3 is 9.47 Å². The van der Waals surface area contributed by atoms with Crippen LogP contribution in [0.15, 0.2) is 12.1 Å². The van der Waals surface area contributed by atoms with E-state index in [0.717, 1.165) is 6.42 Å². The Kier molecular flexibility index (Phi) is 4.91. The molecule has 0 radical (unpaired) electrons. The van der Waals surface area contributed by atoms with Gasteiger partial charge in [0.15, 0.2) is 11.5 Å². The topological polar surface area (TPSA) is 18.5 Å². The van der Waals surface area contributed by atoms with Crippen molar-refractivity contribution in [2.75, 3.05) is 13.2 Å². The average Bonchev–Trinajstić information content (AvgIpc) is 2.58. The molecule has 2 nitrogen and oxygen atoms in total. The summed E-state index contributed by atoms with van der Waals surface area (Å²) in [7, 11) is 0. The van der Waals surface area contributed by atoms with Crippen LogP contribution in [-0.2, 0) is 0 Å². The summed E-state index contributed by atoms with van der Waals surface area (Å²) in [5.41, 5.74) is 0.432. The van der Waals surface area contributed by atoms with Crippen molar-refractivity contribution in [1.29, 1.82) is 0 Å². The molecule has 1 aliphatic rings. The lowest BCUT2D eigenvalue weighted by molar-refractivity contribution is -0.135. The zero-order valence-electron chi connectivity index (χ0n) is 10.5. The number of benzene rings is 1. The molecule has 20 heavy (non-hydrogen) atoms. The highest BCUT2D eigenvalue weighted by molar-refractivity contribution is 6.33. The second-order valence-electron chi connectivity index (χ2n) is 4.49. The predicted molar refractivity (Wildman–Crippen MR) is 70.9 cm³/mol. The van der Waals surface area contributed by atoms with E-state index in [0.29, 0.717) is 30.3 Å². The van der Waals surface area contributed by atoms with Crippen molar-refractivity contribution in [2.24, 2.45) is 0 Å². The minimum Gasteiger partial charge on any atom is -0.490 e. The van der Waals surface area contributed by atoms with Crippen molar-refractivity contribution >= 4 is 23.2 Å². The van der Waals surface area contributed by atoms with E-state index in [1.165, 1.54) is 0 Å². The Hall–Kier alpha value is -0.810. The lowest BCUT2D eigenvalue weighted by Gasteiger charge is -2.16. The molecule has 0 aromatic heterocycles. The first-order valence-electron chi connectivity index (χ1n) is 6.16. The number of fused-ring (bicyclic) bond motifs is 1. The highest BCUT2D eigenvalue weighted by Crippen LogP contribution is 2.41. The molecule has 1 aromatic carbocycles. The standard InChI is InChI=1S/C13H13Cl2F3O2/c14-9(2-3-13(16,17)18)8-6-11-12(7-10(8)15)20-5-1-4-19-11/h6-7,9H,1-5H2. The van der Waals surface area contributed by atoms with Crippen molar-refractivity contribution in [1.82, 2.24) is 0 Å². The van der Waals surface area contributed by atoms with Crippen LogP contribution >= 0.6 is 23.2 Å². The van der Waals surface area contributed by atoms with Gasteiger partial charge in [0.1, 0.15) is 0 Å². The predicted octanol–water partition coefficient (Wildman–Crippen LogP) is 5.12. The SMILES string of the molecule is FC(F)(F)CCC(Cl)c1cc2c(cc1Cl)OCCCO2. The molecule has 1 heterocycles. The van der Waals surface area contributed by atoms with Crippen molar-refractivity contribution in [3.05, 3.63) is 22.7 Å². The molecule has 0 spiro atoms. The van der Waals surface area contributed by atoms with E-state index in [1.54, 1.807) is 12.1 Å². The molecule has 112 valence electrons. The third-order valence-electron chi connectivity index (χ3n) is 2.89. The fraction of sp³-hybridized carbons (Fsp3) is 0.538. The first kappa shape index (κ1) is 15.6. The van der Waals surface area contributed by atoms with Crippen LogP contribution in [0.5, 0.6) is 11.5 Å². The molecule has 2 rings (SSSR count). The van der Waals surface area contributed by atoms with E-state index in [1.807, 2.05) is 0 Å². The third kappa shape index (κ3) is 4.09. The maximum absolute atomic E-state index is 12.2. The summed E-state index contributed by atoms with van der Waals surface area (Å²) in [6.45, 7) is 1.00. The molecule has 1 unspecified atom stereocenters. The zero-order valence-corrected chi connectivity index (χ0v) is 12.0. The van der Waals surface area contributed by atoms with Gasteiger partial charge in [-0.1, -0.05) is 11.6 Å². The van der Waals surface area contributed by atoms with E-state index < -0.39 is 18.0 Å². The van der Waals surface area contributed by atoms with Gasteiger partial charge in [-0.2, -0.15) is 13.2 Å².